The van der Waals surface area contributed by atoms with Gasteiger partial charge in [0.25, 0.3) is 0 Å². The molecule has 0 bridgehead atoms. The molecule has 1 saturated heterocycles. The van der Waals surface area contributed by atoms with Crippen LogP contribution in [-0.2, 0) is 4.74 Å². The summed E-state index contributed by atoms with van der Waals surface area (Å²) in [6.45, 7) is 9.46. The van der Waals surface area contributed by atoms with Gasteiger partial charge in [0, 0.05) is 13.1 Å². The van der Waals surface area contributed by atoms with Crippen LogP contribution in [0.4, 0.5) is 4.79 Å². The fourth-order valence-corrected chi connectivity index (χ4v) is 1.17. The second kappa shape index (κ2) is 2.96. The van der Waals surface area contributed by atoms with Gasteiger partial charge in [0.05, 0.1) is 0 Å². The molecule has 1 heterocycles. The van der Waals surface area contributed by atoms with E-state index in [1.165, 1.54) is 0 Å². The number of amides is 1. The predicted molar refractivity (Wildman–Crippen MR) is 47.0 cm³/mol. The van der Waals surface area contributed by atoms with Crippen LogP contribution in [0.3, 0.4) is 0 Å². The monoisotopic (exact) mass is 171 g/mol. The predicted octanol–water partition coefficient (Wildman–Crippen LogP) is 1.87. The lowest BCUT2D eigenvalue weighted by molar-refractivity contribution is 0.00153. The summed E-state index contributed by atoms with van der Waals surface area (Å²) in [5, 5.41) is 0. The van der Waals surface area contributed by atoms with Gasteiger partial charge >= 0.3 is 6.09 Å². The second-order valence-electron chi connectivity index (χ2n) is 4.49. The fourth-order valence-electron chi connectivity index (χ4n) is 1.17. The van der Waals surface area contributed by atoms with Crippen LogP contribution < -0.4 is 0 Å². The standard InChI is InChI=1S/C9H17NO2/c1-7-5-10(6-7)8(11)12-9(2,3)4/h7H,5-6H2,1-4H3. The van der Waals surface area contributed by atoms with Crippen molar-refractivity contribution >= 4 is 6.09 Å². The van der Waals surface area contributed by atoms with Gasteiger partial charge in [-0.05, 0) is 26.7 Å². The molecule has 0 N–H and O–H groups in total. The van der Waals surface area contributed by atoms with E-state index in [9.17, 15) is 4.79 Å². The highest BCUT2D eigenvalue weighted by Gasteiger charge is 2.30. The van der Waals surface area contributed by atoms with Crippen molar-refractivity contribution < 1.29 is 9.53 Å². The average Bonchev–Trinajstić information content (AvgIpc) is 1.76. The number of carbonyl (C=O) groups excluding carboxylic acids is 1. The molecular weight excluding hydrogens is 154 g/mol. The van der Waals surface area contributed by atoms with Gasteiger partial charge < -0.3 is 9.64 Å². The Balaban J connectivity index is 2.30. The lowest BCUT2D eigenvalue weighted by Crippen LogP contribution is -2.50. The Morgan fingerprint density at radius 2 is 1.92 bits per heavy atom. The number of hydrogen-bond acceptors (Lipinski definition) is 2. The molecule has 12 heavy (non-hydrogen) atoms. The molecule has 1 amide bonds. The smallest absolute Gasteiger partial charge is 0.410 e. The average molecular weight is 171 g/mol. The normalized spacial score (nSPS) is 18.8. The van der Waals surface area contributed by atoms with Crippen molar-refractivity contribution in [2.45, 2.75) is 33.3 Å². The molecule has 3 heteroatoms. The summed E-state index contributed by atoms with van der Waals surface area (Å²) in [5.41, 5.74) is -0.365. The van der Waals surface area contributed by atoms with Gasteiger partial charge in [-0.15, -0.1) is 0 Å². The van der Waals surface area contributed by atoms with E-state index in [4.69, 9.17) is 4.74 Å². The molecule has 1 aliphatic heterocycles. The van der Waals surface area contributed by atoms with E-state index in [0.717, 1.165) is 13.1 Å². The van der Waals surface area contributed by atoms with Crippen LogP contribution in [0.5, 0.6) is 0 Å². The maximum Gasteiger partial charge on any atom is 0.410 e. The van der Waals surface area contributed by atoms with E-state index < -0.39 is 0 Å². The Morgan fingerprint density at radius 1 is 1.42 bits per heavy atom. The van der Waals surface area contributed by atoms with Crippen LogP contribution >= 0.6 is 0 Å². The van der Waals surface area contributed by atoms with Crippen molar-refractivity contribution in [3.8, 4) is 0 Å². The first-order valence-electron chi connectivity index (χ1n) is 4.36. The third-order valence-electron chi connectivity index (χ3n) is 1.72. The van der Waals surface area contributed by atoms with Crippen molar-refractivity contribution in [1.29, 1.82) is 0 Å². The molecule has 0 radical (unpaired) electrons. The molecule has 0 saturated carbocycles. The van der Waals surface area contributed by atoms with Gasteiger partial charge in [0.2, 0.25) is 0 Å². The number of likely N-dealkylation sites (tertiary alicyclic amines) is 1. The zero-order chi connectivity index (χ0) is 9.35. The van der Waals surface area contributed by atoms with Gasteiger partial charge in [-0.1, -0.05) is 6.92 Å². The van der Waals surface area contributed by atoms with Crippen molar-refractivity contribution in [2.24, 2.45) is 5.92 Å². The van der Waals surface area contributed by atoms with Crippen molar-refractivity contribution in [3.05, 3.63) is 0 Å². The third-order valence-corrected chi connectivity index (χ3v) is 1.72. The maximum atomic E-state index is 11.3. The highest BCUT2D eigenvalue weighted by molar-refractivity contribution is 5.69. The van der Waals surface area contributed by atoms with E-state index >= 15 is 0 Å². The summed E-state index contributed by atoms with van der Waals surface area (Å²) in [7, 11) is 0. The first kappa shape index (κ1) is 9.36. The molecule has 0 aliphatic carbocycles. The minimum atomic E-state index is -0.365. The second-order valence-corrected chi connectivity index (χ2v) is 4.49. The molecule has 3 nitrogen and oxygen atoms in total. The van der Waals surface area contributed by atoms with Crippen LogP contribution in [0, 0.1) is 5.92 Å². The Morgan fingerprint density at radius 3 is 2.25 bits per heavy atom. The van der Waals surface area contributed by atoms with E-state index in [-0.39, 0.29) is 11.7 Å². The van der Waals surface area contributed by atoms with Gasteiger partial charge in [-0.3, -0.25) is 0 Å². The SMILES string of the molecule is CC1CN(C(=O)OC(C)(C)C)C1. The Labute approximate surface area is 73.7 Å². The van der Waals surface area contributed by atoms with E-state index in [1.807, 2.05) is 20.8 Å². The zero-order valence-electron chi connectivity index (χ0n) is 8.26. The minimum absolute atomic E-state index is 0.180. The fraction of sp³-hybridized carbons (Fsp3) is 0.889. The summed E-state index contributed by atoms with van der Waals surface area (Å²) in [6, 6.07) is 0. The first-order valence-corrected chi connectivity index (χ1v) is 4.36. The molecule has 0 atom stereocenters. The maximum absolute atomic E-state index is 11.3. The molecule has 0 aromatic rings. The Hall–Kier alpha value is -0.730. The van der Waals surface area contributed by atoms with Crippen LogP contribution in [0.1, 0.15) is 27.7 Å². The lowest BCUT2D eigenvalue weighted by Gasteiger charge is -2.37. The van der Waals surface area contributed by atoms with E-state index in [0.29, 0.717) is 5.92 Å². The number of nitrogens with zero attached hydrogens (tertiary/aromatic N) is 1. The Kier molecular flexibility index (Phi) is 2.31. The van der Waals surface area contributed by atoms with Crippen LogP contribution in [0.15, 0.2) is 0 Å². The Bertz CT molecular complexity index is 177. The molecule has 1 fully saturated rings. The lowest BCUT2D eigenvalue weighted by atomic mass is 10.0. The minimum Gasteiger partial charge on any atom is -0.444 e. The molecule has 0 aromatic carbocycles. The van der Waals surface area contributed by atoms with E-state index in [2.05, 4.69) is 6.92 Å². The van der Waals surface area contributed by atoms with Gasteiger partial charge in [-0.2, -0.15) is 0 Å². The van der Waals surface area contributed by atoms with Crippen LogP contribution in [0.2, 0.25) is 0 Å². The molecular formula is C9H17NO2. The number of hydrogen-bond donors (Lipinski definition) is 0. The number of carbonyl (C=O) groups is 1. The summed E-state index contributed by atoms with van der Waals surface area (Å²) < 4.78 is 5.18. The van der Waals surface area contributed by atoms with Gasteiger partial charge in [-0.25, -0.2) is 4.79 Å². The molecule has 1 aliphatic rings. The number of rotatable bonds is 0. The molecule has 0 aromatic heterocycles. The highest BCUT2D eigenvalue weighted by atomic mass is 16.6. The van der Waals surface area contributed by atoms with Crippen LogP contribution in [-0.4, -0.2) is 29.7 Å². The third kappa shape index (κ3) is 2.40. The summed E-state index contributed by atoms with van der Waals surface area (Å²) in [6.07, 6.45) is -0.180. The highest BCUT2D eigenvalue weighted by Crippen LogP contribution is 2.18. The molecule has 0 spiro atoms. The largest absolute Gasteiger partial charge is 0.444 e. The topological polar surface area (TPSA) is 29.5 Å². The zero-order valence-corrected chi connectivity index (χ0v) is 8.26. The first-order chi connectivity index (χ1) is 5.38. The molecule has 0 unspecified atom stereocenters. The summed E-state index contributed by atoms with van der Waals surface area (Å²) in [5.74, 6) is 0.637. The van der Waals surface area contributed by atoms with Crippen molar-refractivity contribution in [1.82, 2.24) is 4.90 Å². The quantitative estimate of drug-likeness (QED) is 0.557. The van der Waals surface area contributed by atoms with Gasteiger partial charge in [0.15, 0.2) is 0 Å². The summed E-state index contributed by atoms with van der Waals surface area (Å²) in [4.78, 5) is 13.0. The van der Waals surface area contributed by atoms with Gasteiger partial charge in [0.1, 0.15) is 5.60 Å². The number of ether oxygens (including phenoxy) is 1. The summed E-state index contributed by atoms with van der Waals surface area (Å²) >= 11 is 0. The van der Waals surface area contributed by atoms with Crippen molar-refractivity contribution in [3.63, 3.8) is 0 Å². The molecule has 70 valence electrons. The molecule has 1 rings (SSSR count). The van der Waals surface area contributed by atoms with E-state index in [1.54, 1.807) is 4.90 Å². The van der Waals surface area contributed by atoms with Crippen LogP contribution in [0.25, 0.3) is 0 Å². The van der Waals surface area contributed by atoms with Crippen molar-refractivity contribution in [2.75, 3.05) is 13.1 Å².